The maximum absolute atomic E-state index is 5.84. The largest absolute Gasteiger partial charge is 0.489 e. The molecule has 0 aliphatic heterocycles. The molecule has 1 aromatic carbocycles. The first kappa shape index (κ1) is 13.6. The van der Waals surface area contributed by atoms with Gasteiger partial charge in [0.1, 0.15) is 5.75 Å². The first-order valence-electron chi connectivity index (χ1n) is 5.85. The van der Waals surface area contributed by atoms with E-state index in [0.717, 1.165) is 18.0 Å². The molecule has 17 heavy (non-hydrogen) atoms. The van der Waals surface area contributed by atoms with Gasteiger partial charge >= 0.3 is 0 Å². The molecule has 4 nitrogen and oxygen atoms in total. The molecule has 0 aliphatic carbocycles. The Morgan fingerprint density at radius 2 is 2.00 bits per heavy atom. The molecular formula is C13H22N2O2. The van der Waals surface area contributed by atoms with E-state index >= 15 is 0 Å². The molecule has 0 saturated heterocycles. The number of nitrogens with two attached hydrogens (primary N) is 1. The predicted octanol–water partition coefficient (Wildman–Crippen LogP) is 2.50. The molecule has 0 aromatic heterocycles. The van der Waals surface area contributed by atoms with Crippen LogP contribution in [0.2, 0.25) is 0 Å². The van der Waals surface area contributed by atoms with E-state index in [9.17, 15) is 0 Å². The lowest BCUT2D eigenvalue weighted by molar-refractivity contribution is 0.129. The van der Waals surface area contributed by atoms with Crippen LogP contribution >= 0.6 is 0 Å². The number of nitrogen functional groups attached to an aromatic ring is 1. The Hall–Kier alpha value is -1.42. The van der Waals surface area contributed by atoms with Gasteiger partial charge in [-0.25, -0.2) is 0 Å². The lowest BCUT2D eigenvalue weighted by Gasteiger charge is -2.15. The molecule has 4 heteroatoms. The summed E-state index contributed by atoms with van der Waals surface area (Å²) in [6, 6.07) is 5.69. The Balaban J connectivity index is 2.67. The summed E-state index contributed by atoms with van der Waals surface area (Å²) in [5, 5.41) is 3.28. The maximum Gasteiger partial charge on any atom is 0.144 e. The standard InChI is InChI=1S/C13H22N2O2/c1-9(2)17-13-7-11(5-6-12(13)14)15-8-10(3)16-4/h5-7,9-10,15H,8,14H2,1-4H3. The number of ether oxygens (including phenoxy) is 2. The summed E-state index contributed by atoms with van der Waals surface area (Å²) in [6.07, 6.45) is 0.285. The zero-order valence-corrected chi connectivity index (χ0v) is 11.0. The van der Waals surface area contributed by atoms with E-state index in [0.29, 0.717) is 5.69 Å². The van der Waals surface area contributed by atoms with E-state index < -0.39 is 0 Å². The highest BCUT2D eigenvalue weighted by Crippen LogP contribution is 2.26. The van der Waals surface area contributed by atoms with Crippen molar-refractivity contribution in [1.82, 2.24) is 0 Å². The summed E-state index contributed by atoms with van der Waals surface area (Å²) in [6.45, 7) is 6.72. The normalized spacial score (nSPS) is 12.5. The summed E-state index contributed by atoms with van der Waals surface area (Å²) in [7, 11) is 1.70. The number of benzene rings is 1. The molecule has 96 valence electrons. The molecule has 0 spiro atoms. The Kier molecular flexibility index (Phi) is 5.10. The maximum atomic E-state index is 5.84. The van der Waals surface area contributed by atoms with Crippen LogP contribution in [-0.2, 0) is 4.74 Å². The molecule has 1 rings (SSSR count). The van der Waals surface area contributed by atoms with Crippen molar-refractivity contribution >= 4 is 11.4 Å². The van der Waals surface area contributed by atoms with Gasteiger partial charge in [0, 0.05) is 25.4 Å². The molecule has 1 atom stereocenters. The summed E-state index contributed by atoms with van der Waals surface area (Å²) < 4.78 is 10.8. The lowest BCUT2D eigenvalue weighted by atomic mass is 10.2. The average Bonchev–Trinajstić information content (AvgIpc) is 2.29. The molecule has 0 amide bonds. The Morgan fingerprint density at radius 1 is 1.29 bits per heavy atom. The molecule has 1 unspecified atom stereocenters. The fraction of sp³-hybridized carbons (Fsp3) is 0.538. The van der Waals surface area contributed by atoms with E-state index in [1.807, 2.05) is 39.0 Å². The van der Waals surface area contributed by atoms with Crippen molar-refractivity contribution < 1.29 is 9.47 Å². The molecule has 0 saturated carbocycles. The second kappa shape index (κ2) is 6.35. The first-order chi connectivity index (χ1) is 8.02. The minimum atomic E-state index is 0.116. The third-order valence-electron chi connectivity index (χ3n) is 2.37. The highest BCUT2D eigenvalue weighted by atomic mass is 16.5. The van der Waals surface area contributed by atoms with Gasteiger partial charge < -0.3 is 20.5 Å². The monoisotopic (exact) mass is 238 g/mol. The fourth-order valence-corrected chi connectivity index (χ4v) is 1.35. The van der Waals surface area contributed by atoms with Gasteiger partial charge in [-0.1, -0.05) is 0 Å². The topological polar surface area (TPSA) is 56.5 Å². The van der Waals surface area contributed by atoms with Crippen LogP contribution < -0.4 is 15.8 Å². The van der Waals surface area contributed by atoms with Gasteiger partial charge in [0.05, 0.1) is 17.9 Å². The number of rotatable bonds is 6. The number of nitrogens with one attached hydrogen (secondary N) is 1. The van der Waals surface area contributed by atoms with Gasteiger partial charge in [0.2, 0.25) is 0 Å². The van der Waals surface area contributed by atoms with Gasteiger partial charge in [0.25, 0.3) is 0 Å². The third-order valence-corrected chi connectivity index (χ3v) is 2.37. The van der Waals surface area contributed by atoms with E-state index in [4.69, 9.17) is 15.2 Å². The minimum absolute atomic E-state index is 0.116. The van der Waals surface area contributed by atoms with E-state index in [1.165, 1.54) is 0 Å². The summed E-state index contributed by atoms with van der Waals surface area (Å²) >= 11 is 0. The van der Waals surface area contributed by atoms with Crippen LogP contribution in [0.25, 0.3) is 0 Å². The quantitative estimate of drug-likeness (QED) is 0.748. The number of hydrogen-bond acceptors (Lipinski definition) is 4. The molecule has 0 fully saturated rings. The van der Waals surface area contributed by atoms with Crippen molar-refractivity contribution in [3.8, 4) is 5.75 Å². The van der Waals surface area contributed by atoms with Crippen molar-refractivity contribution in [2.45, 2.75) is 33.0 Å². The fourth-order valence-electron chi connectivity index (χ4n) is 1.35. The number of anilines is 2. The van der Waals surface area contributed by atoms with Gasteiger partial charge in [0.15, 0.2) is 0 Å². The Labute approximate surface area is 103 Å². The molecule has 0 radical (unpaired) electrons. The molecule has 0 aliphatic rings. The van der Waals surface area contributed by atoms with E-state index in [1.54, 1.807) is 7.11 Å². The first-order valence-corrected chi connectivity index (χ1v) is 5.85. The van der Waals surface area contributed by atoms with Crippen LogP contribution in [0.4, 0.5) is 11.4 Å². The molecule has 0 bridgehead atoms. The van der Waals surface area contributed by atoms with Gasteiger partial charge in [-0.15, -0.1) is 0 Å². The third kappa shape index (κ3) is 4.53. The number of methoxy groups -OCH3 is 1. The van der Waals surface area contributed by atoms with E-state index in [-0.39, 0.29) is 12.2 Å². The molecule has 1 aromatic rings. The molecule has 0 heterocycles. The van der Waals surface area contributed by atoms with E-state index in [2.05, 4.69) is 5.32 Å². The predicted molar refractivity (Wildman–Crippen MR) is 71.6 cm³/mol. The lowest BCUT2D eigenvalue weighted by Crippen LogP contribution is -2.18. The smallest absolute Gasteiger partial charge is 0.144 e. The summed E-state index contributed by atoms with van der Waals surface area (Å²) in [5.74, 6) is 0.718. The van der Waals surface area contributed by atoms with Crippen molar-refractivity contribution in [1.29, 1.82) is 0 Å². The van der Waals surface area contributed by atoms with Crippen molar-refractivity contribution in [3.63, 3.8) is 0 Å². The summed E-state index contributed by atoms with van der Waals surface area (Å²) in [4.78, 5) is 0. The molecule has 3 N–H and O–H groups in total. The van der Waals surface area contributed by atoms with Crippen molar-refractivity contribution in [2.24, 2.45) is 0 Å². The van der Waals surface area contributed by atoms with Crippen molar-refractivity contribution in [3.05, 3.63) is 18.2 Å². The number of hydrogen-bond donors (Lipinski definition) is 2. The zero-order chi connectivity index (χ0) is 12.8. The SMILES string of the molecule is COC(C)CNc1ccc(N)c(OC(C)C)c1. The Morgan fingerprint density at radius 3 is 2.59 bits per heavy atom. The van der Waals surface area contributed by atoms with Crippen LogP contribution in [0.3, 0.4) is 0 Å². The average molecular weight is 238 g/mol. The minimum Gasteiger partial charge on any atom is -0.489 e. The second-order valence-electron chi connectivity index (χ2n) is 4.35. The second-order valence-corrected chi connectivity index (χ2v) is 4.35. The summed E-state index contributed by atoms with van der Waals surface area (Å²) in [5.41, 5.74) is 7.48. The van der Waals surface area contributed by atoms with Crippen molar-refractivity contribution in [2.75, 3.05) is 24.7 Å². The van der Waals surface area contributed by atoms with Crippen LogP contribution in [-0.4, -0.2) is 25.9 Å². The molecular weight excluding hydrogens is 216 g/mol. The Bertz CT molecular complexity index is 353. The highest BCUT2D eigenvalue weighted by molar-refractivity contribution is 5.61. The van der Waals surface area contributed by atoms with Crippen LogP contribution in [0.5, 0.6) is 5.75 Å². The van der Waals surface area contributed by atoms with Gasteiger partial charge in [-0.05, 0) is 32.9 Å². The van der Waals surface area contributed by atoms with Crippen LogP contribution in [0.15, 0.2) is 18.2 Å². The van der Waals surface area contributed by atoms with Gasteiger partial charge in [-0.2, -0.15) is 0 Å². The van der Waals surface area contributed by atoms with Gasteiger partial charge in [-0.3, -0.25) is 0 Å². The highest BCUT2D eigenvalue weighted by Gasteiger charge is 2.05. The zero-order valence-electron chi connectivity index (χ0n) is 11.0. The van der Waals surface area contributed by atoms with Crippen LogP contribution in [0, 0.1) is 0 Å². The van der Waals surface area contributed by atoms with Crippen LogP contribution in [0.1, 0.15) is 20.8 Å².